The number of thioether (sulfide) groups is 1. The van der Waals surface area contributed by atoms with Gasteiger partial charge in [0.25, 0.3) is 0 Å². The summed E-state index contributed by atoms with van der Waals surface area (Å²) in [7, 11) is 0. The second kappa shape index (κ2) is 5.89. The van der Waals surface area contributed by atoms with Crippen molar-refractivity contribution in [3.05, 3.63) is 29.3 Å². The summed E-state index contributed by atoms with van der Waals surface area (Å²) in [4.78, 5) is 23.8. The molecule has 0 heterocycles. The SMILES string of the molecule is CC(=O)c1ccc(C#N)cc1SCC(=O)NC1CC1. The molecule has 5 heteroatoms. The molecule has 1 amide bonds. The zero-order chi connectivity index (χ0) is 13.8. The smallest absolute Gasteiger partial charge is 0.230 e. The first-order valence-corrected chi connectivity index (χ1v) is 7.06. The van der Waals surface area contributed by atoms with Crippen molar-refractivity contribution in [2.75, 3.05) is 5.75 Å². The molecule has 1 aromatic rings. The fourth-order valence-electron chi connectivity index (χ4n) is 1.64. The predicted molar refractivity (Wildman–Crippen MR) is 73.1 cm³/mol. The minimum absolute atomic E-state index is 0.0237. The minimum atomic E-state index is -0.0606. The van der Waals surface area contributed by atoms with Gasteiger partial charge in [-0.1, -0.05) is 0 Å². The summed E-state index contributed by atoms with van der Waals surface area (Å²) < 4.78 is 0. The summed E-state index contributed by atoms with van der Waals surface area (Å²) in [5, 5.41) is 11.8. The number of hydrogen-bond acceptors (Lipinski definition) is 4. The van der Waals surface area contributed by atoms with Crippen LogP contribution in [0.2, 0.25) is 0 Å². The van der Waals surface area contributed by atoms with Crippen LogP contribution in [0, 0.1) is 11.3 Å². The number of nitriles is 1. The number of benzene rings is 1. The molecule has 4 nitrogen and oxygen atoms in total. The normalized spacial score (nSPS) is 13.7. The van der Waals surface area contributed by atoms with Crippen LogP contribution in [0.4, 0.5) is 0 Å². The highest BCUT2D eigenvalue weighted by Crippen LogP contribution is 2.25. The van der Waals surface area contributed by atoms with E-state index in [4.69, 9.17) is 5.26 Å². The number of carbonyl (C=O) groups is 2. The number of carbonyl (C=O) groups excluding carboxylic acids is 2. The van der Waals surface area contributed by atoms with Gasteiger partial charge in [-0.25, -0.2) is 0 Å². The summed E-state index contributed by atoms with van der Waals surface area (Å²) in [6.07, 6.45) is 2.11. The average molecular weight is 274 g/mol. The van der Waals surface area contributed by atoms with Gasteiger partial charge in [0.1, 0.15) is 0 Å². The van der Waals surface area contributed by atoms with Gasteiger partial charge in [-0.15, -0.1) is 11.8 Å². The van der Waals surface area contributed by atoms with Gasteiger partial charge in [-0.2, -0.15) is 5.26 Å². The number of nitrogens with zero attached hydrogens (tertiary/aromatic N) is 1. The van der Waals surface area contributed by atoms with Crippen molar-refractivity contribution < 1.29 is 9.59 Å². The maximum absolute atomic E-state index is 11.6. The van der Waals surface area contributed by atoms with Crippen LogP contribution < -0.4 is 5.32 Å². The first kappa shape index (κ1) is 13.6. The number of Topliss-reactive ketones (excluding diaryl/α,β-unsaturated/α-hetero) is 1. The van der Waals surface area contributed by atoms with Crippen molar-refractivity contribution in [1.29, 1.82) is 5.26 Å². The largest absolute Gasteiger partial charge is 0.353 e. The molecule has 0 bridgehead atoms. The van der Waals surface area contributed by atoms with Crippen molar-refractivity contribution >= 4 is 23.5 Å². The Kier molecular flexibility index (Phi) is 4.23. The maximum atomic E-state index is 11.6. The molecule has 1 N–H and O–H groups in total. The zero-order valence-corrected chi connectivity index (χ0v) is 11.4. The van der Waals surface area contributed by atoms with Gasteiger partial charge in [-0.05, 0) is 38.0 Å². The first-order chi connectivity index (χ1) is 9.10. The van der Waals surface area contributed by atoms with Gasteiger partial charge in [0.2, 0.25) is 5.91 Å². The van der Waals surface area contributed by atoms with E-state index in [9.17, 15) is 9.59 Å². The number of rotatable bonds is 5. The third-order valence-electron chi connectivity index (χ3n) is 2.79. The summed E-state index contributed by atoms with van der Waals surface area (Å²) in [6.45, 7) is 1.48. The van der Waals surface area contributed by atoms with E-state index in [0.717, 1.165) is 12.8 Å². The van der Waals surface area contributed by atoms with Crippen LogP contribution in [0.15, 0.2) is 23.1 Å². The lowest BCUT2D eigenvalue weighted by Gasteiger charge is -2.07. The summed E-state index contributed by atoms with van der Waals surface area (Å²) in [5.41, 5.74) is 1.05. The molecule has 0 spiro atoms. The predicted octanol–water partition coefficient (Wildman–Crippen LogP) is 2.13. The average Bonchev–Trinajstić information content (AvgIpc) is 3.19. The van der Waals surface area contributed by atoms with E-state index in [0.29, 0.717) is 22.1 Å². The Balaban J connectivity index is 2.06. The second-order valence-corrected chi connectivity index (χ2v) is 5.53. The van der Waals surface area contributed by atoms with Gasteiger partial charge >= 0.3 is 0 Å². The third kappa shape index (κ3) is 3.83. The van der Waals surface area contributed by atoms with Gasteiger partial charge in [0, 0.05) is 16.5 Å². The molecule has 0 aliphatic heterocycles. The van der Waals surface area contributed by atoms with E-state index in [1.165, 1.54) is 18.7 Å². The number of amides is 1. The topological polar surface area (TPSA) is 70.0 Å². The Morgan fingerprint density at radius 1 is 1.47 bits per heavy atom. The summed E-state index contributed by atoms with van der Waals surface area (Å²) >= 11 is 1.30. The number of nitrogens with one attached hydrogen (secondary N) is 1. The van der Waals surface area contributed by atoms with Crippen molar-refractivity contribution in [3.63, 3.8) is 0 Å². The van der Waals surface area contributed by atoms with Gasteiger partial charge < -0.3 is 5.32 Å². The Bertz CT molecular complexity index is 559. The van der Waals surface area contributed by atoms with E-state index in [-0.39, 0.29) is 17.4 Å². The molecule has 0 aromatic heterocycles. The van der Waals surface area contributed by atoms with E-state index < -0.39 is 0 Å². The lowest BCUT2D eigenvalue weighted by atomic mass is 10.1. The highest BCUT2D eigenvalue weighted by atomic mass is 32.2. The van der Waals surface area contributed by atoms with Crippen LogP contribution in [-0.2, 0) is 4.79 Å². The minimum Gasteiger partial charge on any atom is -0.353 e. The Morgan fingerprint density at radius 2 is 2.21 bits per heavy atom. The van der Waals surface area contributed by atoms with Crippen molar-refractivity contribution in [2.45, 2.75) is 30.7 Å². The van der Waals surface area contributed by atoms with Crippen molar-refractivity contribution in [3.8, 4) is 6.07 Å². The Labute approximate surface area is 116 Å². The molecule has 0 unspecified atom stereocenters. The molecule has 0 radical (unpaired) electrons. The van der Waals surface area contributed by atoms with Gasteiger partial charge in [0.05, 0.1) is 17.4 Å². The molecule has 1 saturated carbocycles. The third-order valence-corrected chi connectivity index (χ3v) is 3.85. The number of hydrogen-bond donors (Lipinski definition) is 1. The molecule has 19 heavy (non-hydrogen) atoms. The van der Waals surface area contributed by atoms with Crippen molar-refractivity contribution in [2.24, 2.45) is 0 Å². The molecule has 2 rings (SSSR count). The van der Waals surface area contributed by atoms with E-state index >= 15 is 0 Å². The van der Waals surface area contributed by atoms with Gasteiger partial charge in [-0.3, -0.25) is 9.59 Å². The quantitative estimate of drug-likeness (QED) is 0.659. The lowest BCUT2D eigenvalue weighted by Crippen LogP contribution is -2.27. The van der Waals surface area contributed by atoms with Crippen LogP contribution in [0.3, 0.4) is 0 Å². The molecule has 1 fully saturated rings. The highest BCUT2D eigenvalue weighted by Gasteiger charge is 2.23. The fourth-order valence-corrected chi connectivity index (χ4v) is 2.59. The molecule has 1 aliphatic rings. The fraction of sp³-hybridized carbons (Fsp3) is 0.357. The second-order valence-electron chi connectivity index (χ2n) is 4.51. The molecular weight excluding hydrogens is 260 g/mol. The molecular formula is C14H14N2O2S. The monoisotopic (exact) mass is 274 g/mol. The zero-order valence-electron chi connectivity index (χ0n) is 10.6. The maximum Gasteiger partial charge on any atom is 0.230 e. The van der Waals surface area contributed by atoms with E-state index in [1.54, 1.807) is 18.2 Å². The Hall–Kier alpha value is -1.80. The highest BCUT2D eigenvalue weighted by molar-refractivity contribution is 8.00. The van der Waals surface area contributed by atoms with Crippen LogP contribution in [-0.4, -0.2) is 23.5 Å². The van der Waals surface area contributed by atoms with Crippen LogP contribution in [0.5, 0.6) is 0 Å². The standard InChI is InChI=1S/C14H14N2O2S/c1-9(17)12-5-2-10(7-15)6-13(12)19-8-14(18)16-11-3-4-11/h2,5-6,11H,3-4,8H2,1H3,(H,16,18). The van der Waals surface area contributed by atoms with Crippen molar-refractivity contribution in [1.82, 2.24) is 5.32 Å². The summed E-state index contributed by atoms with van der Waals surface area (Å²) in [6, 6.07) is 7.29. The first-order valence-electron chi connectivity index (χ1n) is 6.07. The molecule has 0 saturated heterocycles. The Morgan fingerprint density at radius 3 is 2.79 bits per heavy atom. The molecule has 98 valence electrons. The molecule has 1 aromatic carbocycles. The van der Waals surface area contributed by atoms with Gasteiger partial charge in [0.15, 0.2) is 5.78 Å². The number of ketones is 1. The van der Waals surface area contributed by atoms with E-state index in [1.807, 2.05) is 6.07 Å². The molecule has 0 atom stereocenters. The van der Waals surface area contributed by atoms with Crippen LogP contribution >= 0.6 is 11.8 Å². The lowest BCUT2D eigenvalue weighted by molar-refractivity contribution is -0.118. The molecule has 1 aliphatic carbocycles. The van der Waals surface area contributed by atoms with E-state index in [2.05, 4.69) is 5.32 Å². The summed E-state index contributed by atoms with van der Waals surface area (Å²) in [5.74, 6) is 0.185. The van der Waals surface area contributed by atoms with Crippen LogP contribution in [0.1, 0.15) is 35.7 Å². The van der Waals surface area contributed by atoms with Crippen LogP contribution in [0.25, 0.3) is 0 Å².